The number of fused-ring (bicyclic) bond motifs is 2. The Labute approximate surface area is 123 Å². The van der Waals surface area contributed by atoms with Crippen molar-refractivity contribution in [1.82, 2.24) is 0 Å². The van der Waals surface area contributed by atoms with Crippen LogP contribution in [0, 0.1) is 22.7 Å². The first kappa shape index (κ1) is 13.3. The molecule has 5 nitrogen and oxygen atoms in total. The first-order valence-corrected chi connectivity index (χ1v) is 7.66. The van der Waals surface area contributed by atoms with Crippen LogP contribution in [0.3, 0.4) is 0 Å². The standard InChI is InChI=1S/C16H20O5/c1-8(2)13(18)20-11-9-6-10-12(11)21-14(19)16(10)5-3-4-15(9,16)7-17/h9-12,17H,1,3-7H2,2H3. The summed E-state index contributed by atoms with van der Waals surface area (Å²) in [6, 6.07) is 0. The Morgan fingerprint density at radius 3 is 2.90 bits per heavy atom. The van der Waals surface area contributed by atoms with Gasteiger partial charge in [-0.2, -0.15) is 0 Å². The lowest BCUT2D eigenvalue weighted by Gasteiger charge is -2.44. The highest BCUT2D eigenvalue weighted by molar-refractivity contribution is 5.88. The molecular weight excluding hydrogens is 272 g/mol. The van der Waals surface area contributed by atoms with E-state index < -0.39 is 22.9 Å². The van der Waals surface area contributed by atoms with Gasteiger partial charge in [0, 0.05) is 22.8 Å². The van der Waals surface area contributed by atoms with Gasteiger partial charge in [-0.05, 0) is 26.2 Å². The molecule has 0 aromatic rings. The van der Waals surface area contributed by atoms with Crippen molar-refractivity contribution in [2.75, 3.05) is 6.61 Å². The third kappa shape index (κ3) is 1.24. The molecule has 1 spiro atoms. The van der Waals surface area contributed by atoms with Crippen molar-refractivity contribution in [3.8, 4) is 0 Å². The van der Waals surface area contributed by atoms with Gasteiger partial charge in [0.1, 0.15) is 12.2 Å². The highest BCUT2D eigenvalue weighted by Gasteiger charge is 2.82. The Kier molecular flexibility index (Phi) is 2.46. The maximum Gasteiger partial charge on any atom is 0.333 e. The van der Waals surface area contributed by atoms with E-state index in [4.69, 9.17) is 9.47 Å². The quantitative estimate of drug-likeness (QED) is 0.625. The van der Waals surface area contributed by atoms with Gasteiger partial charge in [-0.1, -0.05) is 13.0 Å². The Hall–Kier alpha value is -1.36. The number of aliphatic hydroxyl groups excluding tert-OH is 1. The minimum Gasteiger partial charge on any atom is -0.458 e. The molecule has 21 heavy (non-hydrogen) atoms. The van der Waals surface area contributed by atoms with E-state index in [2.05, 4.69) is 6.58 Å². The lowest BCUT2D eigenvalue weighted by atomic mass is 9.58. The minimum atomic E-state index is -0.525. The van der Waals surface area contributed by atoms with Crippen LogP contribution in [0.1, 0.15) is 32.6 Å². The molecule has 0 radical (unpaired) electrons. The zero-order valence-electron chi connectivity index (χ0n) is 12.1. The van der Waals surface area contributed by atoms with Gasteiger partial charge in [0.05, 0.1) is 12.0 Å². The predicted molar refractivity (Wildman–Crippen MR) is 72.0 cm³/mol. The van der Waals surface area contributed by atoms with Crippen molar-refractivity contribution >= 4 is 11.9 Å². The zero-order chi connectivity index (χ0) is 15.0. The summed E-state index contributed by atoms with van der Waals surface area (Å²) in [7, 11) is 0. The smallest absolute Gasteiger partial charge is 0.333 e. The van der Waals surface area contributed by atoms with E-state index in [0.29, 0.717) is 5.57 Å². The summed E-state index contributed by atoms with van der Waals surface area (Å²) < 4.78 is 11.2. The summed E-state index contributed by atoms with van der Waals surface area (Å²) in [6.45, 7) is 5.18. The molecule has 6 atom stereocenters. The average molecular weight is 292 g/mol. The lowest BCUT2D eigenvalue weighted by molar-refractivity contribution is -0.160. The largest absolute Gasteiger partial charge is 0.458 e. The molecule has 1 aliphatic heterocycles. The number of hydrogen-bond donors (Lipinski definition) is 1. The van der Waals surface area contributed by atoms with Gasteiger partial charge in [-0.25, -0.2) is 4.79 Å². The van der Waals surface area contributed by atoms with Gasteiger partial charge >= 0.3 is 11.9 Å². The fourth-order valence-corrected chi connectivity index (χ4v) is 5.79. The summed E-state index contributed by atoms with van der Waals surface area (Å²) in [5, 5.41) is 10.1. The van der Waals surface area contributed by atoms with Crippen LogP contribution in [0.25, 0.3) is 0 Å². The third-order valence-corrected chi connectivity index (χ3v) is 6.53. The Bertz CT molecular complexity index is 555. The van der Waals surface area contributed by atoms with Gasteiger partial charge in [-0.3, -0.25) is 4.79 Å². The molecule has 3 saturated carbocycles. The van der Waals surface area contributed by atoms with Crippen LogP contribution in [0.2, 0.25) is 0 Å². The summed E-state index contributed by atoms with van der Waals surface area (Å²) in [6.07, 6.45) is 2.59. The second-order valence-electron chi connectivity index (χ2n) is 7.11. The summed E-state index contributed by atoms with van der Waals surface area (Å²) in [5.41, 5.74) is -0.636. The number of carbonyl (C=O) groups is 2. The van der Waals surface area contributed by atoms with E-state index in [1.54, 1.807) is 6.92 Å². The topological polar surface area (TPSA) is 72.8 Å². The number of rotatable bonds is 3. The van der Waals surface area contributed by atoms with Gasteiger partial charge in [-0.15, -0.1) is 0 Å². The number of hydrogen-bond acceptors (Lipinski definition) is 5. The van der Waals surface area contributed by atoms with E-state index in [1.165, 1.54) is 0 Å². The Morgan fingerprint density at radius 2 is 2.24 bits per heavy atom. The van der Waals surface area contributed by atoms with Crippen LogP contribution in [-0.2, 0) is 19.1 Å². The van der Waals surface area contributed by atoms with Crippen LogP contribution < -0.4 is 0 Å². The van der Waals surface area contributed by atoms with Crippen molar-refractivity contribution in [2.24, 2.45) is 22.7 Å². The molecule has 4 fully saturated rings. The van der Waals surface area contributed by atoms with Gasteiger partial charge < -0.3 is 14.6 Å². The third-order valence-electron chi connectivity index (χ3n) is 6.53. The molecular formula is C16H20O5. The molecule has 0 aromatic heterocycles. The molecule has 4 aliphatic rings. The molecule has 0 aromatic carbocycles. The average Bonchev–Trinajstić information content (AvgIpc) is 3.10. The summed E-state index contributed by atoms with van der Waals surface area (Å²) >= 11 is 0. The van der Waals surface area contributed by atoms with E-state index in [-0.39, 0.29) is 30.5 Å². The first-order valence-electron chi connectivity index (χ1n) is 7.66. The minimum absolute atomic E-state index is 0.0229. The second kappa shape index (κ2) is 3.88. The summed E-state index contributed by atoms with van der Waals surface area (Å²) in [4.78, 5) is 24.4. The Balaban J connectivity index is 1.75. The van der Waals surface area contributed by atoms with Crippen molar-refractivity contribution < 1.29 is 24.2 Å². The molecule has 0 amide bonds. The van der Waals surface area contributed by atoms with Crippen LogP contribution in [0.15, 0.2) is 12.2 Å². The lowest BCUT2D eigenvalue weighted by Crippen LogP contribution is -2.53. The predicted octanol–water partition coefficient (Wildman–Crippen LogP) is 1.20. The molecule has 3 aliphatic carbocycles. The monoisotopic (exact) mass is 292 g/mol. The maximum absolute atomic E-state index is 12.5. The molecule has 4 rings (SSSR count). The molecule has 6 unspecified atom stereocenters. The molecule has 5 heteroatoms. The summed E-state index contributed by atoms with van der Waals surface area (Å²) in [5.74, 6) is -0.505. The fourth-order valence-electron chi connectivity index (χ4n) is 5.79. The van der Waals surface area contributed by atoms with E-state index in [1.807, 2.05) is 0 Å². The van der Waals surface area contributed by atoms with E-state index >= 15 is 0 Å². The first-order chi connectivity index (χ1) is 9.98. The fraction of sp³-hybridized carbons (Fsp3) is 0.750. The second-order valence-corrected chi connectivity index (χ2v) is 7.11. The van der Waals surface area contributed by atoms with Crippen LogP contribution in [-0.4, -0.2) is 35.9 Å². The number of aliphatic hydroxyl groups is 1. The molecule has 1 N–H and O–H groups in total. The normalized spacial score (nSPS) is 49.1. The molecule has 2 bridgehead atoms. The number of ether oxygens (including phenoxy) is 2. The van der Waals surface area contributed by atoms with Gasteiger partial charge in [0.15, 0.2) is 0 Å². The molecule has 1 saturated heterocycles. The molecule has 1 heterocycles. The van der Waals surface area contributed by atoms with Crippen molar-refractivity contribution in [3.05, 3.63) is 12.2 Å². The van der Waals surface area contributed by atoms with Gasteiger partial charge in [0.25, 0.3) is 0 Å². The Morgan fingerprint density at radius 1 is 1.48 bits per heavy atom. The van der Waals surface area contributed by atoms with Crippen molar-refractivity contribution in [2.45, 2.75) is 44.8 Å². The van der Waals surface area contributed by atoms with Crippen LogP contribution >= 0.6 is 0 Å². The van der Waals surface area contributed by atoms with Crippen LogP contribution in [0.4, 0.5) is 0 Å². The van der Waals surface area contributed by atoms with Crippen molar-refractivity contribution in [3.63, 3.8) is 0 Å². The highest BCUT2D eigenvalue weighted by Crippen LogP contribution is 2.76. The molecule has 114 valence electrons. The SMILES string of the molecule is C=C(C)C(=O)OC1C2OC(=O)C34CCCC3(CO)C1CC24. The highest BCUT2D eigenvalue weighted by atomic mass is 16.6. The number of esters is 2. The van der Waals surface area contributed by atoms with Gasteiger partial charge in [0.2, 0.25) is 0 Å². The van der Waals surface area contributed by atoms with Crippen molar-refractivity contribution in [1.29, 1.82) is 0 Å². The van der Waals surface area contributed by atoms with E-state index in [0.717, 1.165) is 25.7 Å². The maximum atomic E-state index is 12.5. The number of carbonyl (C=O) groups excluding carboxylic acids is 2. The van der Waals surface area contributed by atoms with Crippen LogP contribution in [0.5, 0.6) is 0 Å². The zero-order valence-corrected chi connectivity index (χ0v) is 12.1. The van der Waals surface area contributed by atoms with E-state index in [9.17, 15) is 14.7 Å².